The first-order valence-corrected chi connectivity index (χ1v) is 41.9. The Bertz CT molecular complexity index is 3830. The van der Waals surface area contributed by atoms with Crippen LogP contribution in [-0.4, -0.2) is 69.5 Å². The summed E-state index contributed by atoms with van der Waals surface area (Å²) < 4.78 is 0. The number of nitrogens with one attached hydrogen (secondary N) is 8. The third kappa shape index (κ3) is 31.7. The molecule has 112 heavy (non-hydrogen) atoms. The number of aliphatic imine (C=N–C) groups is 1. The van der Waals surface area contributed by atoms with E-state index >= 15 is 0 Å². The summed E-state index contributed by atoms with van der Waals surface area (Å²) >= 11 is 0. The number of hydrogen-bond donors (Lipinski definition) is 8. The van der Waals surface area contributed by atoms with E-state index in [1.165, 1.54) is 29.9 Å². The molecule has 0 aromatic carbocycles. The van der Waals surface area contributed by atoms with Gasteiger partial charge in [0.25, 0.3) is 5.56 Å². The van der Waals surface area contributed by atoms with Crippen molar-refractivity contribution in [1.82, 2.24) is 46.9 Å². The molecule has 0 aliphatic carbocycles. The fraction of sp³-hybridized carbons (Fsp3) is 0.742. The number of rotatable bonds is 0. The minimum Gasteiger partial charge on any atom is -0.385 e. The molecule has 3 unspecified atom stereocenters. The van der Waals surface area contributed by atoms with Crippen LogP contribution in [0, 0.1) is 68.0 Å². The van der Waals surface area contributed by atoms with Crippen LogP contribution < -0.4 is 42.9 Å². The van der Waals surface area contributed by atoms with Crippen molar-refractivity contribution in [3.63, 3.8) is 0 Å². The third-order valence-corrected chi connectivity index (χ3v) is 19.8. The zero-order valence-corrected chi connectivity index (χ0v) is 81.6. The second kappa shape index (κ2) is 37.3. The van der Waals surface area contributed by atoms with Crippen LogP contribution in [0.2, 0.25) is 0 Å². The Morgan fingerprint density at radius 2 is 0.812 bits per heavy atom. The molecule has 7 rings (SSSR count). The summed E-state index contributed by atoms with van der Waals surface area (Å²) in [6.07, 6.45) is 6.52. The quantitative estimate of drug-likeness (QED) is 0.125. The van der Waals surface area contributed by atoms with Gasteiger partial charge in [-0.25, -0.2) is 4.98 Å². The molecule has 7 heterocycles. The predicted molar refractivity (Wildman–Crippen MR) is 483 cm³/mol. The van der Waals surface area contributed by atoms with Gasteiger partial charge in [-0.3, -0.25) is 29.0 Å². The van der Waals surface area contributed by atoms with Crippen LogP contribution in [0.4, 0.5) is 0 Å². The predicted octanol–water partition coefficient (Wildman–Crippen LogP) is 22.9. The smallest absolute Gasteiger partial charge is 0.254 e. The van der Waals surface area contributed by atoms with E-state index in [0.29, 0.717) is 42.6 Å². The number of aromatic amines is 2. The molecule has 0 saturated heterocycles. The molecule has 5 aliphatic rings. The van der Waals surface area contributed by atoms with Crippen LogP contribution in [-0.2, 0) is 36.0 Å². The zero-order chi connectivity index (χ0) is 88.7. The molecule has 2 amide bonds. The van der Waals surface area contributed by atoms with Crippen molar-refractivity contribution < 1.29 is 14.4 Å². The van der Waals surface area contributed by atoms with Gasteiger partial charge in [-0.05, 0) is 117 Å². The Morgan fingerprint density at radius 3 is 1.21 bits per heavy atom. The maximum absolute atomic E-state index is 12.3. The number of amides is 2. The van der Waals surface area contributed by atoms with E-state index in [4.69, 9.17) is 0 Å². The molecule has 3 atom stereocenters. The average molecular weight is 1560 g/mol. The molecule has 15 heteroatoms. The normalized spacial score (nSPS) is 19.1. The summed E-state index contributed by atoms with van der Waals surface area (Å²) in [5.74, 6) is 1.08. The third-order valence-electron chi connectivity index (χ3n) is 19.8. The van der Waals surface area contributed by atoms with Crippen molar-refractivity contribution in [2.45, 2.75) is 405 Å². The van der Waals surface area contributed by atoms with Crippen LogP contribution in [0.25, 0.3) is 0 Å². The van der Waals surface area contributed by atoms with Crippen LogP contribution in [0.3, 0.4) is 0 Å². The molecular formula is C97H172N10O5. The summed E-state index contributed by atoms with van der Waals surface area (Å²) in [5, 5.41) is 20.2. The van der Waals surface area contributed by atoms with Gasteiger partial charge >= 0.3 is 0 Å². The van der Waals surface area contributed by atoms with Gasteiger partial charge < -0.3 is 41.9 Å². The molecule has 15 nitrogen and oxygen atoms in total. The van der Waals surface area contributed by atoms with Crippen molar-refractivity contribution in [3.8, 4) is 0 Å². The lowest BCUT2D eigenvalue weighted by atomic mass is 9.73. The maximum Gasteiger partial charge on any atom is 0.254 e. The Kier molecular flexibility index (Phi) is 34.6. The number of Topliss-reactive ketones (excluding diaryl/α,β-unsaturated/α-hetero) is 1. The van der Waals surface area contributed by atoms with Gasteiger partial charge in [0, 0.05) is 148 Å². The van der Waals surface area contributed by atoms with Gasteiger partial charge in [0.05, 0.1) is 17.9 Å². The van der Waals surface area contributed by atoms with Gasteiger partial charge in [-0.1, -0.05) is 297 Å². The molecular weight excluding hydrogens is 1390 g/mol. The first-order chi connectivity index (χ1) is 49.4. The fourth-order valence-corrected chi connectivity index (χ4v) is 14.5. The number of aromatic nitrogens is 3. The Hall–Kier alpha value is -6.25. The highest BCUT2D eigenvalue weighted by molar-refractivity contribution is 6.01. The number of carbonyl (C=O) groups excluding carboxylic acids is 3. The maximum atomic E-state index is 12.3. The van der Waals surface area contributed by atoms with E-state index in [2.05, 4.69) is 356 Å². The molecule has 0 saturated carbocycles. The second-order valence-electron chi connectivity index (χ2n) is 47.1. The molecule has 2 aromatic heterocycles. The highest BCUT2D eigenvalue weighted by Gasteiger charge is 2.40. The molecule has 640 valence electrons. The summed E-state index contributed by atoms with van der Waals surface area (Å²) in [6.45, 7) is 106. The van der Waals surface area contributed by atoms with Gasteiger partial charge in [-0.2, -0.15) is 0 Å². The molecule has 2 aromatic rings. The molecule has 0 bridgehead atoms. The Labute approximate surface area is 686 Å². The van der Waals surface area contributed by atoms with E-state index in [-0.39, 0.29) is 105 Å². The van der Waals surface area contributed by atoms with E-state index in [0.717, 1.165) is 74.2 Å². The topological polar surface area (TPSA) is 214 Å². The van der Waals surface area contributed by atoms with E-state index < -0.39 is 0 Å². The lowest BCUT2D eigenvalue weighted by Crippen LogP contribution is -2.43. The number of allylic oxidation sites excluding steroid dienone is 10. The van der Waals surface area contributed by atoms with E-state index in [1.54, 1.807) is 17.2 Å². The van der Waals surface area contributed by atoms with Crippen molar-refractivity contribution in [1.29, 1.82) is 0 Å². The van der Waals surface area contributed by atoms with Crippen LogP contribution >= 0.6 is 0 Å². The Balaban J connectivity index is 0.000000654. The lowest BCUT2D eigenvalue weighted by Gasteiger charge is -2.39. The molecule has 0 spiro atoms. The summed E-state index contributed by atoms with van der Waals surface area (Å²) in [5.41, 5.74) is 18.8. The largest absolute Gasteiger partial charge is 0.385 e. The number of H-pyrrole nitrogens is 2. The highest BCUT2D eigenvalue weighted by Crippen LogP contribution is 2.45. The van der Waals surface area contributed by atoms with Crippen molar-refractivity contribution >= 4 is 23.3 Å². The van der Waals surface area contributed by atoms with E-state index in [9.17, 15) is 24.0 Å². The van der Waals surface area contributed by atoms with Crippen LogP contribution in [0.1, 0.15) is 385 Å². The van der Waals surface area contributed by atoms with Crippen molar-refractivity contribution in [2.24, 2.45) is 59.1 Å². The van der Waals surface area contributed by atoms with Crippen LogP contribution in [0.15, 0.2) is 88.8 Å². The number of hydrogen-bond acceptors (Lipinski definition) is 11. The SMILES string of the molecule is CC1=CCC(C(C)(C)C)=C(C(C)(C)C)N1.CC1=NC(C(C)(C)C)=C(C(C)(C)C)C(=O)NC1.CC1CC(=O)C(C(C)(C)C)=C(C(C)(C)C)N1.CC1CCC(C(C)(C)C)=C(C(C)(C)C)N1.CC1CNC(=O)C(C(C)(C)C)=C(C(C)(C)C)N1.Cc1cc(=O)c(C(C)(C)C)c(C(C)(C)C)[nH]1.Cc1nc(C(C)(C)C)c(C(C)(C)C)c(=O)[nH]1. The molecule has 5 aliphatic heterocycles. The number of aryl methyl sites for hydroxylation is 2. The van der Waals surface area contributed by atoms with Crippen LogP contribution in [0.5, 0.6) is 0 Å². The molecule has 0 radical (unpaired) electrons. The number of pyridine rings is 1. The molecule has 8 N–H and O–H groups in total. The lowest BCUT2D eigenvalue weighted by molar-refractivity contribution is -0.119. The number of dihydropyridines is 1. The van der Waals surface area contributed by atoms with Crippen molar-refractivity contribution in [2.75, 3.05) is 13.1 Å². The van der Waals surface area contributed by atoms with Crippen molar-refractivity contribution in [3.05, 3.63) is 129 Å². The zero-order valence-electron chi connectivity index (χ0n) is 81.6. The average Bonchev–Trinajstić information content (AvgIpc) is 1.16. The van der Waals surface area contributed by atoms with Gasteiger partial charge in [0.2, 0.25) is 11.8 Å². The minimum atomic E-state index is -0.194. The van der Waals surface area contributed by atoms with Gasteiger partial charge in [0.1, 0.15) is 5.82 Å². The minimum absolute atomic E-state index is 0.00690. The van der Waals surface area contributed by atoms with Gasteiger partial charge in [0.15, 0.2) is 11.2 Å². The summed E-state index contributed by atoms with van der Waals surface area (Å²) in [7, 11) is 0. The monoisotopic (exact) mass is 1560 g/mol. The van der Waals surface area contributed by atoms with Gasteiger partial charge in [-0.15, -0.1) is 0 Å². The summed E-state index contributed by atoms with van der Waals surface area (Å²) in [4.78, 5) is 76.2. The second-order valence-corrected chi connectivity index (χ2v) is 47.1. The highest BCUT2D eigenvalue weighted by atomic mass is 16.2. The number of carbonyl (C=O) groups is 3. The number of nitrogens with zero attached hydrogens (tertiary/aromatic N) is 2. The first kappa shape index (κ1) is 104. The standard InChI is InChI=1S/C14H26N2O.C14H24N2O.C14H25NO.C14H23NO.C14H27N.C14H25N.C13H22N2O/c2*1-9-8-15-12(17)10(13(2,3)4)11(16-9)14(5,6)7;2*1-9-8-10(16)11(13(2,3)4)12(15-9)14(5,6)7;2*1-10-8-9-11(13(2,3)4)12(15-10)14(5,6)7;1-8-14-10(13(5,6)7)9(11(16)15-8)12(2,3)4/h9,16H,8H2,1-7H3,(H,15,17);8H2,1-7H3,(H,15,17);9,15H,8H2,1-7H3;8H,1-7H3,(H,15,16);10,15H,8-9H2,1-7H3;8,15H,9H2,1-7H3;1-7H3,(H,14,15,16). The van der Waals surface area contributed by atoms with E-state index in [1.807, 2.05) is 41.5 Å². The summed E-state index contributed by atoms with van der Waals surface area (Å²) in [6, 6.07) is 2.85. The first-order valence-electron chi connectivity index (χ1n) is 41.9. The molecule has 0 fully saturated rings. The fourth-order valence-electron chi connectivity index (χ4n) is 14.5. The Morgan fingerprint density at radius 1 is 0.393 bits per heavy atom. The number of ketones is 1.